The second-order valence-electron chi connectivity index (χ2n) is 8.20. The van der Waals surface area contributed by atoms with Crippen molar-refractivity contribution in [3.63, 3.8) is 0 Å². The summed E-state index contributed by atoms with van der Waals surface area (Å²) in [6.07, 6.45) is 7.66. The second-order valence-corrected chi connectivity index (χ2v) is 8.20. The quantitative estimate of drug-likeness (QED) is 0.865. The van der Waals surface area contributed by atoms with Crippen molar-refractivity contribution in [1.82, 2.24) is 9.88 Å². The summed E-state index contributed by atoms with van der Waals surface area (Å²) >= 11 is 0. The minimum absolute atomic E-state index is 0.422. The molecule has 2 aliphatic rings. The Balaban J connectivity index is 1.80. The van der Waals surface area contributed by atoms with Crippen molar-refractivity contribution in [1.29, 1.82) is 0 Å². The molecule has 0 saturated carbocycles. The predicted octanol–water partition coefficient (Wildman–Crippen LogP) is 4.84. The van der Waals surface area contributed by atoms with E-state index in [1.165, 1.54) is 79.2 Å². The van der Waals surface area contributed by atoms with Crippen molar-refractivity contribution < 1.29 is 0 Å². The summed E-state index contributed by atoms with van der Waals surface area (Å²) in [5.74, 6) is 1.13. The fourth-order valence-electron chi connectivity index (χ4n) is 4.47. The lowest BCUT2D eigenvalue weighted by molar-refractivity contribution is 0.331. The summed E-state index contributed by atoms with van der Waals surface area (Å²) in [7, 11) is 0. The van der Waals surface area contributed by atoms with Gasteiger partial charge in [-0.2, -0.15) is 0 Å². The molecule has 134 valence electrons. The zero-order chi connectivity index (χ0) is 17.4. The highest BCUT2D eigenvalue weighted by molar-refractivity contribution is 5.87. The molecule has 25 heavy (non-hydrogen) atoms. The minimum Gasteiger partial charge on any atom is -0.368 e. The van der Waals surface area contributed by atoms with Gasteiger partial charge in [0.15, 0.2) is 0 Å². The van der Waals surface area contributed by atoms with Crippen molar-refractivity contribution in [3.05, 3.63) is 34.4 Å². The number of benzene rings is 1. The largest absolute Gasteiger partial charge is 0.368 e. The van der Waals surface area contributed by atoms with Gasteiger partial charge in [0.2, 0.25) is 0 Å². The Hall–Kier alpha value is -1.61. The van der Waals surface area contributed by atoms with Crippen molar-refractivity contribution in [2.45, 2.75) is 71.9 Å². The molecule has 1 N–H and O–H groups in total. The molecule has 0 radical (unpaired) electrons. The van der Waals surface area contributed by atoms with E-state index in [9.17, 15) is 0 Å². The van der Waals surface area contributed by atoms with Crippen LogP contribution in [0.4, 0.5) is 5.82 Å². The van der Waals surface area contributed by atoms with Gasteiger partial charge in [-0.3, -0.25) is 4.90 Å². The molecule has 1 aromatic carbocycles. The van der Waals surface area contributed by atoms with Crippen molar-refractivity contribution in [2.75, 3.05) is 18.4 Å². The van der Waals surface area contributed by atoms with Crippen LogP contribution in [-0.4, -0.2) is 29.0 Å². The van der Waals surface area contributed by atoms with Gasteiger partial charge < -0.3 is 5.32 Å². The summed E-state index contributed by atoms with van der Waals surface area (Å²) in [6.45, 7) is 10.3. The summed E-state index contributed by atoms with van der Waals surface area (Å²) in [4.78, 5) is 7.66. The van der Waals surface area contributed by atoms with Crippen LogP contribution in [0, 0.1) is 6.92 Å². The third kappa shape index (κ3) is 3.39. The molecule has 0 amide bonds. The molecule has 1 aromatic heterocycles. The van der Waals surface area contributed by atoms with E-state index in [2.05, 4.69) is 43.1 Å². The van der Waals surface area contributed by atoms with Gasteiger partial charge in [0, 0.05) is 18.0 Å². The van der Waals surface area contributed by atoms with Crippen molar-refractivity contribution in [2.24, 2.45) is 0 Å². The number of aromatic nitrogens is 1. The topological polar surface area (TPSA) is 28.2 Å². The highest BCUT2D eigenvalue weighted by Gasteiger charge is 2.20. The highest BCUT2D eigenvalue weighted by atomic mass is 15.1. The molecule has 0 unspecified atom stereocenters. The van der Waals surface area contributed by atoms with Crippen LogP contribution in [0.3, 0.4) is 0 Å². The van der Waals surface area contributed by atoms with Crippen LogP contribution in [0.5, 0.6) is 0 Å². The molecule has 3 nitrogen and oxygen atoms in total. The van der Waals surface area contributed by atoms with Crippen LogP contribution in [0.25, 0.3) is 10.9 Å². The average molecular weight is 338 g/mol. The summed E-state index contributed by atoms with van der Waals surface area (Å²) in [6, 6.07) is 5.20. The number of hydrogen-bond donors (Lipinski definition) is 1. The standard InChI is InChI=1S/C22H31N3/c1-15(2)23-22-19-9-5-4-8-18(19)20-12-16(3)17(13-21(20)24-22)14-25-10-6-7-11-25/h12-13,15H,4-11,14H2,1-3H3,(H,23,24). The first-order valence-electron chi connectivity index (χ1n) is 10.1. The smallest absolute Gasteiger partial charge is 0.130 e. The number of nitrogens with zero attached hydrogens (tertiary/aromatic N) is 2. The lowest BCUT2D eigenvalue weighted by atomic mass is 9.88. The molecule has 2 heterocycles. The lowest BCUT2D eigenvalue weighted by Crippen LogP contribution is -2.19. The molecular weight excluding hydrogens is 306 g/mol. The Kier molecular flexibility index (Phi) is 4.68. The van der Waals surface area contributed by atoms with Crippen LogP contribution in [-0.2, 0) is 19.4 Å². The Bertz CT molecular complexity index is 773. The summed E-state index contributed by atoms with van der Waals surface area (Å²) < 4.78 is 0. The van der Waals surface area contributed by atoms with E-state index in [1.807, 2.05) is 0 Å². The molecule has 0 spiro atoms. The van der Waals surface area contributed by atoms with Gasteiger partial charge in [-0.1, -0.05) is 0 Å². The van der Waals surface area contributed by atoms with Crippen molar-refractivity contribution in [3.8, 4) is 0 Å². The Morgan fingerprint density at radius 2 is 1.76 bits per heavy atom. The van der Waals surface area contributed by atoms with Gasteiger partial charge in [-0.25, -0.2) is 4.98 Å². The van der Waals surface area contributed by atoms with E-state index in [4.69, 9.17) is 4.98 Å². The van der Waals surface area contributed by atoms with Gasteiger partial charge in [0.25, 0.3) is 0 Å². The normalized spacial score (nSPS) is 18.1. The maximum absolute atomic E-state index is 5.08. The number of rotatable bonds is 4. The Morgan fingerprint density at radius 1 is 1.04 bits per heavy atom. The zero-order valence-corrected chi connectivity index (χ0v) is 16.0. The van der Waals surface area contributed by atoms with E-state index in [0.29, 0.717) is 6.04 Å². The Labute approximate surface area is 151 Å². The van der Waals surface area contributed by atoms with Crippen LogP contribution in [0.15, 0.2) is 12.1 Å². The van der Waals surface area contributed by atoms with E-state index in [1.54, 1.807) is 5.56 Å². The van der Waals surface area contributed by atoms with E-state index < -0.39 is 0 Å². The predicted molar refractivity (Wildman–Crippen MR) is 106 cm³/mol. The molecule has 1 saturated heterocycles. The van der Waals surface area contributed by atoms with Crippen LogP contribution in [0.2, 0.25) is 0 Å². The first-order chi connectivity index (χ1) is 12.1. The molecule has 0 bridgehead atoms. The monoisotopic (exact) mass is 337 g/mol. The van der Waals surface area contributed by atoms with E-state index >= 15 is 0 Å². The number of likely N-dealkylation sites (tertiary alicyclic amines) is 1. The fraction of sp³-hybridized carbons (Fsp3) is 0.591. The maximum atomic E-state index is 5.08. The third-order valence-corrected chi connectivity index (χ3v) is 5.78. The number of nitrogens with one attached hydrogen (secondary N) is 1. The summed E-state index contributed by atoms with van der Waals surface area (Å²) in [5, 5.41) is 5.01. The average Bonchev–Trinajstić information content (AvgIpc) is 3.09. The molecule has 1 fully saturated rings. The molecule has 1 aliphatic heterocycles. The van der Waals surface area contributed by atoms with Crippen molar-refractivity contribution >= 4 is 16.7 Å². The zero-order valence-electron chi connectivity index (χ0n) is 16.0. The summed E-state index contributed by atoms with van der Waals surface area (Å²) in [5.41, 5.74) is 7.09. The highest BCUT2D eigenvalue weighted by Crippen LogP contribution is 2.34. The second kappa shape index (κ2) is 6.95. The molecule has 2 aromatic rings. The number of aryl methyl sites for hydroxylation is 2. The maximum Gasteiger partial charge on any atom is 0.130 e. The lowest BCUT2D eigenvalue weighted by Gasteiger charge is -2.24. The third-order valence-electron chi connectivity index (χ3n) is 5.78. The number of pyridine rings is 1. The van der Waals surface area contributed by atoms with Crippen LogP contribution >= 0.6 is 0 Å². The van der Waals surface area contributed by atoms with Gasteiger partial charge in [0.05, 0.1) is 5.52 Å². The van der Waals surface area contributed by atoms with Gasteiger partial charge in [-0.15, -0.1) is 0 Å². The molecule has 0 atom stereocenters. The van der Waals surface area contributed by atoms with E-state index in [0.717, 1.165) is 12.4 Å². The van der Waals surface area contributed by atoms with Crippen LogP contribution in [0.1, 0.15) is 61.8 Å². The van der Waals surface area contributed by atoms with Gasteiger partial charge >= 0.3 is 0 Å². The first-order valence-corrected chi connectivity index (χ1v) is 10.1. The molecule has 4 rings (SSSR count). The van der Waals surface area contributed by atoms with E-state index in [-0.39, 0.29) is 0 Å². The fourth-order valence-corrected chi connectivity index (χ4v) is 4.47. The molecule has 3 heteroatoms. The van der Waals surface area contributed by atoms with Crippen LogP contribution < -0.4 is 5.32 Å². The Morgan fingerprint density at radius 3 is 2.48 bits per heavy atom. The van der Waals surface area contributed by atoms with Gasteiger partial charge in [0.1, 0.15) is 5.82 Å². The minimum atomic E-state index is 0.422. The molecular formula is C22H31N3. The van der Waals surface area contributed by atoms with Gasteiger partial charge in [-0.05, 0) is 107 Å². The number of fused-ring (bicyclic) bond motifs is 3. The SMILES string of the molecule is Cc1cc2c3c(c(NC(C)C)nc2cc1CN1CCCC1)CCCC3. The molecule has 1 aliphatic carbocycles. The first kappa shape index (κ1) is 16.8. The number of anilines is 1. The number of hydrogen-bond acceptors (Lipinski definition) is 3.